The van der Waals surface area contributed by atoms with Gasteiger partial charge in [0.2, 0.25) is 0 Å². The number of halogens is 2. The van der Waals surface area contributed by atoms with Crippen LogP contribution in [0, 0.1) is 11.6 Å². The van der Waals surface area contributed by atoms with Gasteiger partial charge in [0.05, 0.1) is 22.8 Å². The highest BCUT2D eigenvalue weighted by Gasteiger charge is 2.31. The Kier molecular flexibility index (Phi) is 3.44. The van der Waals surface area contributed by atoms with Crippen LogP contribution >= 0.6 is 0 Å². The van der Waals surface area contributed by atoms with Crippen LogP contribution in [0.15, 0.2) is 12.1 Å². The van der Waals surface area contributed by atoms with E-state index in [0.717, 1.165) is 0 Å². The highest BCUT2D eigenvalue weighted by molar-refractivity contribution is 7.91. The molecule has 1 heterocycles. The maximum atomic E-state index is 13.4. The molecule has 0 aromatic heterocycles. The summed E-state index contributed by atoms with van der Waals surface area (Å²) < 4.78 is 53.8. The number of sulfone groups is 1. The van der Waals surface area contributed by atoms with Gasteiger partial charge in [-0.25, -0.2) is 22.0 Å². The molecule has 1 saturated heterocycles. The average molecular weight is 291 g/mol. The zero-order valence-corrected chi connectivity index (χ0v) is 10.5. The summed E-state index contributed by atoms with van der Waals surface area (Å²) in [4.78, 5) is 11.6. The number of carbonyl (C=O) groups is 1. The molecule has 0 aliphatic carbocycles. The monoisotopic (exact) mass is 291 g/mol. The molecule has 0 spiro atoms. The topological polar surface area (TPSA) is 86.5 Å². The van der Waals surface area contributed by atoms with Gasteiger partial charge in [0, 0.05) is 6.07 Å². The van der Waals surface area contributed by atoms with Crippen molar-refractivity contribution in [3.63, 3.8) is 0 Å². The van der Waals surface area contributed by atoms with E-state index in [1.165, 1.54) is 0 Å². The molecule has 1 aliphatic rings. The van der Waals surface area contributed by atoms with Gasteiger partial charge < -0.3 is 10.5 Å². The smallest absolute Gasteiger partial charge is 0.341 e. The first-order valence-corrected chi connectivity index (χ1v) is 7.26. The van der Waals surface area contributed by atoms with E-state index in [4.69, 9.17) is 10.5 Å². The molecule has 104 valence electrons. The van der Waals surface area contributed by atoms with Gasteiger partial charge in [-0.3, -0.25) is 0 Å². The number of anilines is 1. The largest absolute Gasteiger partial charge is 0.458 e. The molecule has 1 atom stereocenters. The Balaban J connectivity index is 2.15. The number of benzene rings is 1. The van der Waals surface area contributed by atoms with Crippen molar-refractivity contribution in [3.05, 3.63) is 29.3 Å². The maximum absolute atomic E-state index is 13.4. The highest BCUT2D eigenvalue weighted by Crippen LogP contribution is 2.20. The molecular weight excluding hydrogens is 280 g/mol. The first kappa shape index (κ1) is 13.7. The van der Waals surface area contributed by atoms with Gasteiger partial charge in [0.25, 0.3) is 0 Å². The van der Waals surface area contributed by atoms with Crippen molar-refractivity contribution >= 4 is 21.5 Å². The number of hydrogen-bond donors (Lipinski definition) is 1. The van der Waals surface area contributed by atoms with Crippen molar-refractivity contribution in [2.75, 3.05) is 17.2 Å². The third-order valence-electron chi connectivity index (χ3n) is 2.77. The van der Waals surface area contributed by atoms with Crippen molar-refractivity contribution in [1.29, 1.82) is 0 Å². The molecule has 0 amide bonds. The minimum Gasteiger partial charge on any atom is -0.458 e. The first-order valence-electron chi connectivity index (χ1n) is 5.44. The second-order valence-corrected chi connectivity index (χ2v) is 6.51. The van der Waals surface area contributed by atoms with Gasteiger partial charge in [-0.2, -0.15) is 0 Å². The number of rotatable bonds is 2. The molecule has 0 radical (unpaired) electrons. The van der Waals surface area contributed by atoms with Crippen LogP contribution in [0.1, 0.15) is 16.8 Å². The van der Waals surface area contributed by atoms with Crippen LogP contribution in [0.3, 0.4) is 0 Å². The Morgan fingerprint density at radius 3 is 2.58 bits per heavy atom. The summed E-state index contributed by atoms with van der Waals surface area (Å²) in [5, 5.41) is 0. The van der Waals surface area contributed by atoms with E-state index in [1.807, 2.05) is 0 Å². The van der Waals surface area contributed by atoms with Crippen LogP contribution < -0.4 is 5.73 Å². The zero-order valence-electron chi connectivity index (χ0n) is 9.73. The van der Waals surface area contributed by atoms with E-state index in [-0.39, 0.29) is 17.9 Å². The molecule has 1 aromatic rings. The Morgan fingerprint density at radius 2 is 2.00 bits per heavy atom. The number of ether oxygens (including phenoxy) is 1. The number of nitrogen functional groups attached to an aromatic ring is 1. The SMILES string of the molecule is Nc1cc(F)c(C(=O)OC2CCS(=O)(=O)C2)cc1F. The summed E-state index contributed by atoms with van der Waals surface area (Å²) in [6, 6.07) is 1.31. The molecule has 2 N–H and O–H groups in total. The second-order valence-electron chi connectivity index (χ2n) is 4.28. The van der Waals surface area contributed by atoms with E-state index in [1.54, 1.807) is 0 Å². The summed E-state index contributed by atoms with van der Waals surface area (Å²) in [5.41, 5.74) is 4.12. The Bertz CT molecular complexity index is 630. The molecule has 19 heavy (non-hydrogen) atoms. The van der Waals surface area contributed by atoms with E-state index in [0.29, 0.717) is 12.1 Å². The van der Waals surface area contributed by atoms with Crippen LogP contribution in [0.25, 0.3) is 0 Å². The van der Waals surface area contributed by atoms with E-state index in [9.17, 15) is 22.0 Å². The van der Waals surface area contributed by atoms with Crippen LogP contribution in [-0.4, -0.2) is 32.0 Å². The molecule has 1 aromatic carbocycles. The molecule has 0 saturated carbocycles. The van der Waals surface area contributed by atoms with E-state index in [2.05, 4.69) is 0 Å². The highest BCUT2D eigenvalue weighted by atomic mass is 32.2. The fraction of sp³-hybridized carbons (Fsp3) is 0.364. The van der Waals surface area contributed by atoms with Gasteiger partial charge in [-0.15, -0.1) is 0 Å². The summed E-state index contributed by atoms with van der Waals surface area (Å²) >= 11 is 0. The van der Waals surface area contributed by atoms with Crippen molar-refractivity contribution < 1.29 is 26.7 Å². The van der Waals surface area contributed by atoms with Gasteiger partial charge in [-0.05, 0) is 12.5 Å². The number of hydrogen-bond acceptors (Lipinski definition) is 5. The lowest BCUT2D eigenvalue weighted by molar-refractivity contribution is 0.0350. The molecule has 0 bridgehead atoms. The Labute approximate surface area is 108 Å². The molecule has 5 nitrogen and oxygen atoms in total. The number of carbonyl (C=O) groups excluding carboxylic acids is 1. The predicted molar refractivity (Wildman–Crippen MR) is 63.2 cm³/mol. The zero-order chi connectivity index (χ0) is 14.2. The molecule has 1 aliphatic heterocycles. The van der Waals surface area contributed by atoms with Crippen molar-refractivity contribution in [3.8, 4) is 0 Å². The lowest BCUT2D eigenvalue weighted by Gasteiger charge is -2.11. The minimum atomic E-state index is -3.21. The van der Waals surface area contributed by atoms with Crippen LogP contribution in [0.4, 0.5) is 14.5 Å². The third-order valence-corrected chi connectivity index (χ3v) is 4.51. The standard InChI is InChI=1S/C11H11F2NO4S/c12-8-4-10(14)9(13)3-7(8)11(15)18-6-1-2-19(16,17)5-6/h3-4,6H,1-2,5,14H2. The van der Waals surface area contributed by atoms with Crippen LogP contribution in [0.5, 0.6) is 0 Å². The molecule has 1 unspecified atom stereocenters. The van der Waals surface area contributed by atoms with Crippen molar-refractivity contribution in [1.82, 2.24) is 0 Å². The van der Waals surface area contributed by atoms with E-state index < -0.39 is 44.8 Å². The quantitative estimate of drug-likeness (QED) is 0.646. The number of esters is 1. The van der Waals surface area contributed by atoms with E-state index >= 15 is 0 Å². The van der Waals surface area contributed by atoms with Crippen LogP contribution in [0.2, 0.25) is 0 Å². The fourth-order valence-corrected chi connectivity index (χ4v) is 3.38. The molecule has 8 heteroatoms. The second kappa shape index (κ2) is 4.76. The Hall–Kier alpha value is -1.70. The van der Waals surface area contributed by atoms with Gasteiger partial charge in [-0.1, -0.05) is 0 Å². The molecular formula is C11H11F2NO4S. The summed E-state index contributed by atoms with van der Waals surface area (Å²) in [7, 11) is -3.21. The maximum Gasteiger partial charge on any atom is 0.341 e. The minimum absolute atomic E-state index is 0.0798. The first-order chi connectivity index (χ1) is 8.78. The van der Waals surface area contributed by atoms with Crippen molar-refractivity contribution in [2.24, 2.45) is 0 Å². The van der Waals surface area contributed by atoms with Gasteiger partial charge in [0.1, 0.15) is 17.7 Å². The van der Waals surface area contributed by atoms with Gasteiger partial charge >= 0.3 is 5.97 Å². The predicted octanol–water partition coefficient (Wildman–Crippen LogP) is 0.891. The summed E-state index contributed by atoms with van der Waals surface area (Å²) in [6.45, 7) is 0. The Morgan fingerprint density at radius 1 is 1.32 bits per heavy atom. The lowest BCUT2D eigenvalue weighted by atomic mass is 10.2. The number of nitrogens with two attached hydrogens (primary N) is 1. The fourth-order valence-electron chi connectivity index (χ4n) is 1.79. The average Bonchev–Trinajstić information content (AvgIpc) is 2.63. The molecule has 2 rings (SSSR count). The normalized spacial score (nSPS) is 21.3. The van der Waals surface area contributed by atoms with Gasteiger partial charge in [0.15, 0.2) is 9.84 Å². The summed E-state index contributed by atoms with van der Waals surface area (Å²) in [5.74, 6) is -3.42. The molecule has 1 fully saturated rings. The lowest BCUT2D eigenvalue weighted by Crippen LogP contribution is -2.20. The third kappa shape index (κ3) is 3.01. The van der Waals surface area contributed by atoms with Crippen LogP contribution in [-0.2, 0) is 14.6 Å². The summed E-state index contributed by atoms with van der Waals surface area (Å²) in [6.07, 6.45) is -0.662. The van der Waals surface area contributed by atoms with Crippen molar-refractivity contribution in [2.45, 2.75) is 12.5 Å².